The van der Waals surface area contributed by atoms with Crippen LogP contribution in [0.2, 0.25) is 0 Å². The van der Waals surface area contributed by atoms with E-state index < -0.39 is 110 Å². The Kier molecular flexibility index (Phi) is 12.3. The topological polar surface area (TPSA) is 263 Å². The Labute approximate surface area is 343 Å². The van der Waals surface area contributed by atoms with Crippen molar-refractivity contribution >= 4 is 78.1 Å². The van der Waals surface area contributed by atoms with Crippen LogP contribution in [0.5, 0.6) is 0 Å². The third kappa shape index (κ3) is 9.37. The molecule has 3 N–H and O–H groups in total. The molecule has 10 atom stereocenters. The maximum atomic E-state index is 16.5. The molecule has 7 heterocycles. The molecule has 3 fully saturated rings. The second-order valence-corrected chi connectivity index (χ2v) is 20.4. The number of nitrogens with one attached hydrogen (secondary N) is 2. The fraction of sp³-hybridized carbons (Fsp3) is 0.581. The van der Waals surface area contributed by atoms with Crippen LogP contribution in [0.4, 0.5) is 19.4 Å². The fourth-order valence-electron chi connectivity index (χ4n) is 6.55. The van der Waals surface area contributed by atoms with Crippen molar-refractivity contribution in [3.05, 3.63) is 41.3 Å². The van der Waals surface area contributed by atoms with E-state index in [2.05, 4.69) is 54.7 Å². The van der Waals surface area contributed by atoms with E-state index >= 15 is 4.39 Å². The largest absolute Gasteiger partial charge is 0.444 e. The molecule has 0 saturated carbocycles. The van der Waals surface area contributed by atoms with E-state index in [0.717, 1.165) is 29.7 Å². The van der Waals surface area contributed by atoms with Crippen LogP contribution < -0.4 is 10.9 Å². The lowest BCUT2D eigenvalue weighted by molar-refractivity contribution is -0.116. The molecule has 22 nitrogen and oxygen atoms in total. The van der Waals surface area contributed by atoms with Gasteiger partial charge in [0, 0.05) is 26.2 Å². The van der Waals surface area contributed by atoms with Crippen molar-refractivity contribution in [3.63, 3.8) is 0 Å². The maximum Gasteiger partial charge on any atom is 0.410 e. The van der Waals surface area contributed by atoms with Gasteiger partial charge in [0.2, 0.25) is 5.91 Å². The van der Waals surface area contributed by atoms with E-state index in [0.29, 0.717) is 0 Å². The first kappa shape index (κ1) is 43.5. The van der Waals surface area contributed by atoms with Crippen molar-refractivity contribution in [3.8, 4) is 0 Å². The summed E-state index contributed by atoms with van der Waals surface area (Å²) in [6.45, 7) is -5.14. The molecule has 3 saturated heterocycles. The fourth-order valence-corrected chi connectivity index (χ4v) is 9.49. The number of hydrogen-bond acceptors (Lipinski definition) is 17. The van der Waals surface area contributed by atoms with Gasteiger partial charge in [-0.15, -0.1) is 0 Å². The van der Waals surface area contributed by atoms with Gasteiger partial charge in [-0.1, -0.05) is 24.5 Å². The van der Waals surface area contributed by atoms with Crippen LogP contribution in [0.3, 0.4) is 0 Å². The standard InChI is InChI=1S/C31H39F2N9O13P2S2/c1-31(2,3)53-30(46)40(4)7-5-6-17(43)39-24-20-26(36-11-34-24)42(13-38-20)28-19(33)22-16(52-28)10-50-57(48,59)55-23-21(44)15(9-49-56(47,58)54-22)51-29(23)41-8-14(32)18-25(41)35-12-37-27(18)45/h8,11-13,15-16,19,21-23,28-29,44H,5-7,9-10H2,1-4H3,(H,47,58)(H,48,59)(H,35,37,45)(H,34,36,39,43)/t15-,16-,19-,21-,22-,23-,28-,29-,56-,57-/m1/s1. The molecule has 4 aromatic heterocycles. The number of aliphatic hydroxyl groups excluding tert-OH is 1. The number of carbonyl (C=O) groups excluding carboxylic acids is 2. The Balaban J connectivity index is 1.08. The zero-order valence-corrected chi connectivity index (χ0v) is 35.1. The van der Waals surface area contributed by atoms with E-state index in [1.165, 1.54) is 9.47 Å². The maximum absolute atomic E-state index is 16.5. The number of halogens is 2. The number of hydrogen-bond donors (Lipinski definition) is 5. The van der Waals surface area contributed by atoms with Crippen molar-refractivity contribution < 1.29 is 64.9 Å². The van der Waals surface area contributed by atoms with Gasteiger partial charge in [0.25, 0.3) is 5.56 Å². The number of fused-ring (bicyclic) bond motifs is 5. The number of thiol groups is 2. The Morgan fingerprint density at radius 2 is 1.71 bits per heavy atom. The summed E-state index contributed by atoms with van der Waals surface area (Å²) in [6, 6.07) is 0. The summed E-state index contributed by atoms with van der Waals surface area (Å²) in [5.41, 5.74) is -1.65. The normalized spacial score (nSPS) is 31.6. The Bertz CT molecular complexity index is 2400. The quantitative estimate of drug-likeness (QED) is 0.131. The van der Waals surface area contributed by atoms with Crippen LogP contribution in [0.1, 0.15) is 46.1 Å². The minimum Gasteiger partial charge on any atom is -0.444 e. The van der Waals surface area contributed by atoms with Gasteiger partial charge in [-0.05, 0) is 27.2 Å². The molecular weight excluding hydrogens is 870 g/mol. The second kappa shape index (κ2) is 16.7. The molecule has 0 aromatic carbocycles. The number of anilines is 1. The molecule has 2 bridgehead atoms. The number of ether oxygens (including phenoxy) is 3. The molecule has 322 valence electrons. The number of alkyl halides is 1. The van der Waals surface area contributed by atoms with E-state index in [1.807, 2.05) is 0 Å². The predicted octanol–water partition coefficient (Wildman–Crippen LogP) is 3.68. The highest BCUT2D eigenvalue weighted by molar-refractivity contribution is 8.44. The summed E-state index contributed by atoms with van der Waals surface area (Å²) in [5.74, 6) is -1.46. The van der Waals surface area contributed by atoms with Gasteiger partial charge in [0.05, 0.1) is 25.9 Å². The molecule has 3 aliphatic heterocycles. The highest BCUT2D eigenvalue weighted by Gasteiger charge is 2.54. The molecule has 0 unspecified atom stereocenters. The van der Waals surface area contributed by atoms with Crippen LogP contribution in [0.25, 0.3) is 22.2 Å². The smallest absolute Gasteiger partial charge is 0.410 e. The van der Waals surface area contributed by atoms with Crippen LogP contribution in [-0.4, -0.2) is 125 Å². The number of amides is 2. The SMILES string of the molecule is CN(CCCC(=O)Nc1ncnc2c1ncn2[C@@H]1O[C@@H]2CO[P@@](=O)(S)O[C@@H]3[C@H](O)[C@@H](CO[P@@](=O)(S)O[C@H]2[C@H]1F)O[C@H]3n1cc(F)c2c(=O)[nH]cnc21)C(=O)OC(C)(C)C. The van der Waals surface area contributed by atoms with Crippen LogP contribution in [-0.2, 0) is 46.2 Å². The first-order valence-electron chi connectivity index (χ1n) is 17.8. The van der Waals surface area contributed by atoms with Crippen LogP contribution in [0, 0.1) is 5.82 Å². The van der Waals surface area contributed by atoms with E-state index in [4.69, 9.17) is 32.3 Å². The molecule has 0 aliphatic carbocycles. The number of H-pyrrole nitrogens is 1. The van der Waals surface area contributed by atoms with Gasteiger partial charge >= 0.3 is 19.7 Å². The number of carbonyl (C=O) groups is 2. The Morgan fingerprint density at radius 3 is 2.42 bits per heavy atom. The van der Waals surface area contributed by atoms with Crippen molar-refractivity contribution in [1.82, 2.24) is 39.0 Å². The zero-order chi connectivity index (χ0) is 42.6. The average Bonchev–Trinajstić information content (AvgIpc) is 3.89. The van der Waals surface area contributed by atoms with Gasteiger partial charge < -0.3 is 39.1 Å². The molecule has 3 aliphatic rings. The van der Waals surface area contributed by atoms with Crippen molar-refractivity contribution in [1.29, 1.82) is 0 Å². The van der Waals surface area contributed by atoms with Crippen molar-refractivity contribution in [2.75, 3.05) is 32.1 Å². The zero-order valence-electron chi connectivity index (χ0n) is 31.5. The predicted molar refractivity (Wildman–Crippen MR) is 206 cm³/mol. The summed E-state index contributed by atoms with van der Waals surface area (Å²) in [7, 11) is 1.55. The highest BCUT2D eigenvalue weighted by Crippen LogP contribution is 2.60. The van der Waals surface area contributed by atoms with E-state index in [9.17, 15) is 33.0 Å². The number of imidazole rings is 1. The lowest BCUT2D eigenvalue weighted by atomic mass is 10.1. The van der Waals surface area contributed by atoms with Crippen molar-refractivity contribution in [2.45, 2.75) is 88.4 Å². The second-order valence-electron chi connectivity index (χ2n) is 14.6. The molecule has 4 aromatic rings. The van der Waals surface area contributed by atoms with Gasteiger partial charge in [-0.2, -0.15) is 0 Å². The third-order valence-corrected chi connectivity index (χ3v) is 12.5. The Morgan fingerprint density at radius 1 is 1.03 bits per heavy atom. The summed E-state index contributed by atoms with van der Waals surface area (Å²) >= 11 is 8.06. The number of nitrogens with zero attached hydrogens (tertiary/aromatic N) is 7. The summed E-state index contributed by atoms with van der Waals surface area (Å²) in [5, 5.41) is 13.4. The Hall–Kier alpha value is -3.55. The monoisotopic (exact) mass is 909 g/mol. The number of rotatable bonds is 7. The lowest BCUT2D eigenvalue weighted by Crippen LogP contribution is -2.35. The molecular formula is C31H39F2N9O13P2S2. The molecule has 0 spiro atoms. The summed E-state index contributed by atoms with van der Waals surface area (Å²) in [6.07, 6.45) is -9.44. The number of aromatic amines is 1. The number of aromatic nitrogens is 7. The summed E-state index contributed by atoms with van der Waals surface area (Å²) < 4.78 is 100. The van der Waals surface area contributed by atoms with Gasteiger partial charge in [-0.25, -0.2) is 42.6 Å². The van der Waals surface area contributed by atoms with E-state index in [1.54, 1.807) is 27.8 Å². The highest BCUT2D eigenvalue weighted by atomic mass is 32.7. The molecule has 28 heteroatoms. The van der Waals surface area contributed by atoms with Crippen LogP contribution >= 0.6 is 38.1 Å². The minimum atomic E-state index is -4.56. The van der Waals surface area contributed by atoms with Gasteiger partial charge in [0.15, 0.2) is 47.1 Å². The minimum absolute atomic E-state index is 0.00369. The van der Waals surface area contributed by atoms with Gasteiger partial charge in [-0.3, -0.25) is 32.3 Å². The van der Waals surface area contributed by atoms with Crippen LogP contribution in [0.15, 0.2) is 30.0 Å². The third-order valence-electron chi connectivity index (χ3n) is 9.23. The lowest BCUT2D eigenvalue weighted by Gasteiger charge is -2.26. The number of aliphatic hydroxyl groups is 1. The van der Waals surface area contributed by atoms with Gasteiger partial charge in [0.1, 0.15) is 47.8 Å². The molecule has 59 heavy (non-hydrogen) atoms. The average molecular weight is 910 g/mol. The molecule has 2 amide bonds. The first-order valence-corrected chi connectivity index (χ1v) is 23.2. The molecule has 0 radical (unpaired) electrons. The van der Waals surface area contributed by atoms with Crippen molar-refractivity contribution in [2.24, 2.45) is 0 Å². The summed E-state index contributed by atoms with van der Waals surface area (Å²) in [4.78, 5) is 57.5. The first-order chi connectivity index (χ1) is 27.7. The molecule has 7 rings (SSSR count). The van der Waals surface area contributed by atoms with E-state index in [-0.39, 0.29) is 42.0 Å².